The van der Waals surface area contributed by atoms with E-state index in [9.17, 15) is 9.59 Å². The van der Waals surface area contributed by atoms with Gasteiger partial charge in [-0.05, 0) is 60.2 Å². The zero-order chi connectivity index (χ0) is 24.8. The Morgan fingerprint density at radius 3 is 2.50 bits per heavy atom. The molecule has 0 spiro atoms. The minimum absolute atomic E-state index is 0.131. The van der Waals surface area contributed by atoms with Crippen LogP contribution in [0.4, 0.5) is 11.5 Å². The molecule has 1 amide bonds. The zero-order valence-electron chi connectivity index (χ0n) is 19.7. The molecule has 8 nitrogen and oxygen atoms in total. The average Bonchev–Trinajstić information content (AvgIpc) is 3.69. The number of benzene rings is 2. The molecule has 1 aliphatic carbocycles. The summed E-state index contributed by atoms with van der Waals surface area (Å²) in [6, 6.07) is 18.6. The van der Waals surface area contributed by atoms with Crippen molar-refractivity contribution in [2.24, 2.45) is 7.05 Å². The van der Waals surface area contributed by atoms with E-state index >= 15 is 0 Å². The molecule has 1 aliphatic rings. The Morgan fingerprint density at radius 2 is 1.78 bits per heavy atom. The molecular formula is C28H24N6O2. The first-order chi connectivity index (χ1) is 17.5. The summed E-state index contributed by atoms with van der Waals surface area (Å²) >= 11 is 0. The minimum Gasteiger partial charge on any atom is -0.383 e. The summed E-state index contributed by atoms with van der Waals surface area (Å²) in [7, 11) is 1.91. The number of hydrogen-bond donors (Lipinski definition) is 2. The second kappa shape index (κ2) is 8.49. The number of nitrogens with two attached hydrogens (primary N) is 1. The number of rotatable bonds is 5. The Hall–Kier alpha value is -4.72. The molecule has 0 bridgehead atoms. The third kappa shape index (κ3) is 3.82. The van der Waals surface area contributed by atoms with E-state index in [1.54, 1.807) is 10.6 Å². The van der Waals surface area contributed by atoms with Crippen molar-refractivity contribution in [2.75, 3.05) is 11.1 Å². The van der Waals surface area contributed by atoms with Crippen LogP contribution in [0, 0.1) is 0 Å². The van der Waals surface area contributed by atoms with Crippen LogP contribution in [0.5, 0.6) is 0 Å². The monoisotopic (exact) mass is 476 g/mol. The summed E-state index contributed by atoms with van der Waals surface area (Å²) in [6.45, 7) is 0. The van der Waals surface area contributed by atoms with Crippen molar-refractivity contribution in [3.8, 4) is 16.8 Å². The van der Waals surface area contributed by atoms with Crippen LogP contribution in [0.1, 0.15) is 34.7 Å². The molecule has 0 aliphatic heterocycles. The molecular weight excluding hydrogens is 452 g/mol. The zero-order valence-corrected chi connectivity index (χ0v) is 19.7. The van der Waals surface area contributed by atoms with E-state index in [4.69, 9.17) is 5.73 Å². The number of hydrogen-bond acceptors (Lipinski definition) is 5. The van der Waals surface area contributed by atoms with Crippen LogP contribution in [0.3, 0.4) is 0 Å². The molecule has 0 atom stereocenters. The normalized spacial score (nSPS) is 13.1. The van der Waals surface area contributed by atoms with Gasteiger partial charge < -0.3 is 15.6 Å². The van der Waals surface area contributed by atoms with E-state index < -0.39 is 5.91 Å². The van der Waals surface area contributed by atoms with Gasteiger partial charge in [0.1, 0.15) is 23.4 Å². The highest BCUT2D eigenvalue weighted by Crippen LogP contribution is 2.40. The van der Waals surface area contributed by atoms with E-state index in [0.29, 0.717) is 17.4 Å². The van der Waals surface area contributed by atoms with E-state index in [1.807, 2.05) is 78.6 Å². The molecule has 178 valence electrons. The largest absolute Gasteiger partial charge is 0.383 e. The van der Waals surface area contributed by atoms with Gasteiger partial charge in [-0.15, -0.1) is 0 Å². The van der Waals surface area contributed by atoms with Crippen molar-refractivity contribution in [1.29, 1.82) is 0 Å². The van der Waals surface area contributed by atoms with Gasteiger partial charge in [0.15, 0.2) is 0 Å². The number of fused-ring (bicyclic) bond motifs is 1. The van der Waals surface area contributed by atoms with Crippen LogP contribution in [0.2, 0.25) is 0 Å². The van der Waals surface area contributed by atoms with Gasteiger partial charge in [-0.3, -0.25) is 14.2 Å². The molecule has 3 heterocycles. The third-order valence-corrected chi connectivity index (χ3v) is 6.60. The number of carbonyl (C=O) groups excluding carboxylic acids is 1. The van der Waals surface area contributed by atoms with Crippen molar-refractivity contribution >= 4 is 28.4 Å². The fraction of sp³-hybridized carbons (Fsp3) is 0.143. The van der Waals surface area contributed by atoms with Crippen LogP contribution in [0.25, 0.3) is 27.8 Å². The lowest BCUT2D eigenvalue weighted by molar-refractivity contribution is 0.102. The first-order valence-electron chi connectivity index (χ1n) is 11.8. The number of anilines is 2. The number of amides is 1. The fourth-order valence-corrected chi connectivity index (χ4v) is 4.57. The topological polar surface area (TPSA) is 108 Å². The number of aryl methyl sites for hydroxylation is 1. The van der Waals surface area contributed by atoms with E-state index in [0.717, 1.165) is 46.3 Å². The molecule has 36 heavy (non-hydrogen) atoms. The van der Waals surface area contributed by atoms with Crippen LogP contribution < -0.4 is 16.6 Å². The number of nitrogen functional groups attached to an aromatic ring is 1. The van der Waals surface area contributed by atoms with Crippen molar-refractivity contribution in [2.45, 2.75) is 18.8 Å². The quantitative estimate of drug-likeness (QED) is 0.388. The SMILES string of the molecule is Cn1cc(-c2ccc(NC(=O)c3cc(C4CC4)cn(-c4ccccc4)c3=O)cc2)c2c(N)ncnc21. The predicted molar refractivity (Wildman–Crippen MR) is 140 cm³/mol. The lowest BCUT2D eigenvalue weighted by atomic mass is 10.1. The number of aromatic nitrogens is 4. The molecule has 3 aromatic heterocycles. The molecule has 2 aromatic carbocycles. The van der Waals surface area contributed by atoms with Crippen LogP contribution in [0.15, 0.2) is 84.2 Å². The van der Waals surface area contributed by atoms with Crippen molar-refractivity contribution in [1.82, 2.24) is 19.1 Å². The number of nitrogens with zero attached hydrogens (tertiary/aromatic N) is 4. The van der Waals surface area contributed by atoms with Crippen molar-refractivity contribution in [3.63, 3.8) is 0 Å². The Balaban J connectivity index is 1.32. The Morgan fingerprint density at radius 1 is 1.03 bits per heavy atom. The maximum atomic E-state index is 13.3. The summed E-state index contributed by atoms with van der Waals surface area (Å²) < 4.78 is 3.47. The first-order valence-corrected chi connectivity index (χ1v) is 11.8. The van der Waals surface area contributed by atoms with Gasteiger partial charge in [0.05, 0.1) is 5.39 Å². The highest BCUT2D eigenvalue weighted by atomic mass is 16.2. The standard InChI is InChI=1S/C28H24N6O2/c1-33-15-23(24-25(29)30-16-31-26(24)33)18-9-11-20(12-10-18)32-27(35)22-13-19(17-7-8-17)14-34(28(22)36)21-5-3-2-4-6-21/h2-6,9-17H,7-8H2,1H3,(H,32,35)(H2,29,30,31). The number of nitrogens with one attached hydrogen (secondary N) is 1. The molecule has 3 N–H and O–H groups in total. The van der Waals surface area contributed by atoms with Crippen LogP contribution in [-0.2, 0) is 7.05 Å². The third-order valence-electron chi connectivity index (χ3n) is 6.60. The Bertz CT molecular complexity index is 1660. The molecule has 0 saturated heterocycles. The first kappa shape index (κ1) is 21.8. The second-order valence-corrected chi connectivity index (χ2v) is 9.11. The highest BCUT2D eigenvalue weighted by molar-refractivity contribution is 6.05. The minimum atomic E-state index is -0.428. The molecule has 0 radical (unpaired) electrons. The highest BCUT2D eigenvalue weighted by Gasteiger charge is 2.27. The Labute approximate surface area is 207 Å². The van der Waals surface area contributed by atoms with Crippen LogP contribution >= 0.6 is 0 Å². The molecule has 6 rings (SSSR count). The Kier molecular flexibility index (Phi) is 5.14. The van der Waals surface area contributed by atoms with E-state index in [-0.39, 0.29) is 11.1 Å². The maximum absolute atomic E-state index is 13.3. The molecule has 0 unspecified atom stereocenters. The number of carbonyl (C=O) groups is 1. The maximum Gasteiger partial charge on any atom is 0.267 e. The summed E-state index contributed by atoms with van der Waals surface area (Å²) in [6.07, 6.45) is 7.40. The average molecular weight is 477 g/mol. The lowest BCUT2D eigenvalue weighted by Gasteiger charge is -2.12. The van der Waals surface area contributed by atoms with Crippen molar-refractivity contribution < 1.29 is 4.79 Å². The summed E-state index contributed by atoms with van der Waals surface area (Å²) in [5, 5.41) is 3.68. The number of para-hydroxylation sites is 1. The molecule has 1 saturated carbocycles. The molecule has 1 fully saturated rings. The van der Waals surface area contributed by atoms with E-state index in [1.165, 1.54) is 6.33 Å². The molecule has 5 aromatic rings. The van der Waals surface area contributed by atoms with Gasteiger partial charge in [-0.1, -0.05) is 30.3 Å². The van der Waals surface area contributed by atoms with Crippen LogP contribution in [-0.4, -0.2) is 25.0 Å². The lowest BCUT2D eigenvalue weighted by Crippen LogP contribution is -2.28. The fourth-order valence-electron chi connectivity index (χ4n) is 4.57. The number of pyridine rings is 1. The summed E-state index contributed by atoms with van der Waals surface area (Å²) in [5.74, 6) is 0.379. The summed E-state index contributed by atoms with van der Waals surface area (Å²) in [4.78, 5) is 34.9. The van der Waals surface area contributed by atoms with Gasteiger partial charge in [0, 0.05) is 36.4 Å². The van der Waals surface area contributed by atoms with Gasteiger partial charge in [-0.2, -0.15) is 0 Å². The van der Waals surface area contributed by atoms with Crippen molar-refractivity contribution in [3.05, 3.63) is 101 Å². The van der Waals surface area contributed by atoms with Gasteiger partial charge in [-0.25, -0.2) is 9.97 Å². The van der Waals surface area contributed by atoms with Gasteiger partial charge >= 0.3 is 0 Å². The molecule has 8 heteroatoms. The predicted octanol–water partition coefficient (Wildman–Crippen LogP) is 4.50. The van der Waals surface area contributed by atoms with E-state index in [2.05, 4.69) is 15.3 Å². The van der Waals surface area contributed by atoms with Gasteiger partial charge in [0.2, 0.25) is 0 Å². The smallest absolute Gasteiger partial charge is 0.267 e. The second-order valence-electron chi connectivity index (χ2n) is 9.11. The summed E-state index contributed by atoms with van der Waals surface area (Å²) in [5.41, 5.74) is 10.8. The van der Waals surface area contributed by atoms with Gasteiger partial charge in [0.25, 0.3) is 11.5 Å².